The summed E-state index contributed by atoms with van der Waals surface area (Å²) in [5, 5.41) is 2.67. The van der Waals surface area contributed by atoms with Gasteiger partial charge in [-0.1, -0.05) is 6.07 Å². The normalized spacial score (nSPS) is 11.3. The lowest BCUT2D eigenvalue weighted by Crippen LogP contribution is -2.35. The van der Waals surface area contributed by atoms with Crippen LogP contribution in [0.25, 0.3) is 0 Å². The van der Waals surface area contributed by atoms with E-state index in [2.05, 4.69) is 5.32 Å². The molecule has 0 aliphatic rings. The zero-order chi connectivity index (χ0) is 20.0. The van der Waals surface area contributed by atoms with Gasteiger partial charge in [-0.25, -0.2) is 8.42 Å². The molecule has 1 amide bonds. The number of nitrogens with zero attached hydrogens (tertiary/aromatic N) is 1. The molecule has 0 unspecified atom stereocenters. The third-order valence-corrected chi connectivity index (χ3v) is 5.65. The van der Waals surface area contributed by atoms with Gasteiger partial charge in [-0.05, 0) is 55.8 Å². The molecule has 0 saturated heterocycles. The van der Waals surface area contributed by atoms with Crippen LogP contribution in [0, 0.1) is 6.92 Å². The van der Waals surface area contributed by atoms with Crippen LogP contribution in [0.2, 0.25) is 0 Å². The quantitative estimate of drug-likeness (QED) is 0.747. The number of amides is 1. The number of rotatable bonds is 8. The topological polar surface area (TPSA) is 84.9 Å². The Bertz CT molecular complexity index is 895. The summed E-state index contributed by atoms with van der Waals surface area (Å²) in [4.78, 5) is 12.3. The van der Waals surface area contributed by atoms with E-state index >= 15 is 0 Å². The molecule has 2 rings (SSSR count). The van der Waals surface area contributed by atoms with Crippen LogP contribution in [0.15, 0.2) is 47.4 Å². The molecule has 8 heteroatoms. The lowest BCUT2D eigenvalue weighted by atomic mass is 10.2. The summed E-state index contributed by atoms with van der Waals surface area (Å²) < 4.78 is 37.1. The molecule has 7 nitrogen and oxygen atoms in total. The van der Waals surface area contributed by atoms with Crippen molar-refractivity contribution in [3.63, 3.8) is 0 Å². The van der Waals surface area contributed by atoms with E-state index in [0.717, 1.165) is 9.87 Å². The highest BCUT2D eigenvalue weighted by molar-refractivity contribution is 7.89. The van der Waals surface area contributed by atoms with E-state index in [4.69, 9.17) is 9.47 Å². The molecule has 0 fully saturated rings. The molecule has 0 radical (unpaired) electrons. The predicted molar refractivity (Wildman–Crippen MR) is 104 cm³/mol. The van der Waals surface area contributed by atoms with Crippen LogP contribution in [0.3, 0.4) is 0 Å². The smallest absolute Gasteiger partial charge is 0.246 e. The average molecular weight is 392 g/mol. The van der Waals surface area contributed by atoms with E-state index in [-0.39, 0.29) is 17.2 Å². The van der Waals surface area contributed by atoms with Crippen molar-refractivity contribution in [1.29, 1.82) is 0 Å². The predicted octanol–water partition coefficient (Wildman–Crippen LogP) is 2.66. The molecule has 0 saturated carbocycles. The van der Waals surface area contributed by atoms with Gasteiger partial charge in [0.1, 0.15) is 16.4 Å². The summed E-state index contributed by atoms with van der Waals surface area (Å²) in [6.07, 6.45) is 0. The van der Waals surface area contributed by atoms with Gasteiger partial charge in [0.2, 0.25) is 15.9 Å². The first-order valence-corrected chi connectivity index (χ1v) is 9.85. The van der Waals surface area contributed by atoms with E-state index in [1.54, 1.807) is 43.3 Å². The molecular formula is C19H24N2O5S. The van der Waals surface area contributed by atoms with E-state index in [1.807, 2.05) is 6.92 Å². The first-order valence-electron chi connectivity index (χ1n) is 8.41. The molecule has 27 heavy (non-hydrogen) atoms. The maximum atomic E-state index is 12.8. The second-order valence-electron chi connectivity index (χ2n) is 5.92. The molecule has 2 aromatic rings. The van der Waals surface area contributed by atoms with E-state index < -0.39 is 15.9 Å². The van der Waals surface area contributed by atoms with Crippen molar-refractivity contribution in [2.24, 2.45) is 0 Å². The number of benzene rings is 2. The summed E-state index contributed by atoms with van der Waals surface area (Å²) in [6.45, 7) is 3.90. The van der Waals surface area contributed by atoms with Crippen molar-refractivity contribution in [2.75, 3.05) is 32.6 Å². The Balaban J connectivity index is 2.10. The van der Waals surface area contributed by atoms with E-state index in [1.165, 1.54) is 20.2 Å². The maximum Gasteiger partial charge on any atom is 0.246 e. The van der Waals surface area contributed by atoms with Gasteiger partial charge in [-0.2, -0.15) is 4.31 Å². The summed E-state index contributed by atoms with van der Waals surface area (Å²) >= 11 is 0. The minimum absolute atomic E-state index is 0.0290. The first-order chi connectivity index (χ1) is 12.8. The Kier molecular flexibility index (Phi) is 6.81. The highest BCUT2D eigenvalue weighted by Crippen LogP contribution is 2.27. The zero-order valence-corrected chi connectivity index (χ0v) is 16.7. The lowest BCUT2D eigenvalue weighted by Gasteiger charge is -2.19. The van der Waals surface area contributed by atoms with Crippen molar-refractivity contribution < 1.29 is 22.7 Å². The highest BCUT2D eigenvalue weighted by atomic mass is 32.2. The number of methoxy groups -OCH3 is 1. The molecule has 0 aliphatic heterocycles. The Hall–Kier alpha value is -2.58. The molecule has 0 bridgehead atoms. The lowest BCUT2D eigenvalue weighted by molar-refractivity contribution is -0.116. The van der Waals surface area contributed by atoms with Crippen LogP contribution in [0.4, 0.5) is 5.69 Å². The number of likely N-dealkylation sites (N-methyl/N-ethyl adjacent to an activating group) is 1. The fourth-order valence-corrected chi connectivity index (χ4v) is 3.81. The maximum absolute atomic E-state index is 12.8. The van der Waals surface area contributed by atoms with Gasteiger partial charge in [0.05, 0.1) is 20.3 Å². The number of carbonyl (C=O) groups is 1. The number of carbonyl (C=O) groups excluding carboxylic acids is 1. The fraction of sp³-hybridized carbons (Fsp3) is 0.316. The standard InChI is InChI=1S/C19H24N2O5S/c1-5-26-16-9-7-15(8-10-16)20-19(22)13-21(3)27(23,24)18-12-14(2)6-11-17(18)25-4/h6-12H,5,13H2,1-4H3,(H,20,22). The van der Waals surface area contributed by atoms with Gasteiger partial charge < -0.3 is 14.8 Å². The van der Waals surface area contributed by atoms with Crippen molar-refractivity contribution in [3.05, 3.63) is 48.0 Å². The number of sulfonamides is 1. The fourth-order valence-electron chi connectivity index (χ4n) is 2.44. The SMILES string of the molecule is CCOc1ccc(NC(=O)CN(C)S(=O)(=O)c2cc(C)ccc2OC)cc1. The molecule has 2 aromatic carbocycles. The van der Waals surface area contributed by atoms with Crippen LogP contribution in [-0.4, -0.2) is 45.9 Å². The minimum Gasteiger partial charge on any atom is -0.495 e. The summed E-state index contributed by atoms with van der Waals surface area (Å²) in [6, 6.07) is 11.7. The third kappa shape index (κ3) is 5.21. The number of hydrogen-bond donors (Lipinski definition) is 1. The molecule has 0 aromatic heterocycles. The van der Waals surface area contributed by atoms with Crippen LogP contribution in [0.1, 0.15) is 12.5 Å². The number of nitrogens with one attached hydrogen (secondary N) is 1. The summed E-state index contributed by atoms with van der Waals surface area (Å²) in [7, 11) is -1.12. The van der Waals surface area contributed by atoms with Gasteiger partial charge in [-0.3, -0.25) is 4.79 Å². The largest absolute Gasteiger partial charge is 0.495 e. The molecule has 0 aliphatic carbocycles. The van der Waals surface area contributed by atoms with Crippen LogP contribution < -0.4 is 14.8 Å². The van der Waals surface area contributed by atoms with E-state index in [0.29, 0.717) is 18.0 Å². The molecular weight excluding hydrogens is 368 g/mol. The first kappa shape index (κ1) is 20.7. The number of ether oxygens (including phenoxy) is 2. The number of hydrogen-bond acceptors (Lipinski definition) is 5. The van der Waals surface area contributed by atoms with Crippen molar-refractivity contribution in [3.8, 4) is 11.5 Å². The van der Waals surface area contributed by atoms with Crippen molar-refractivity contribution in [2.45, 2.75) is 18.7 Å². The number of anilines is 1. The number of aryl methyl sites for hydroxylation is 1. The third-order valence-electron chi connectivity index (χ3n) is 3.82. The highest BCUT2D eigenvalue weighted by Gasteiger charge is 2.26. The molecule has 1 N–H and O–H groups in total. The molecule has 146 valence electrons. The summed E-state index contributed by atoms with van der Waals surface area (Å²) in [5.41, 5.74) is 1.34. The van der Waals surface area contributed by atoms with Crippen LogP contribution in [0.5, 0.6) is 11.5 Å². The zero-order valence-electron chi connectivity index (χ0n) is 15.9. The van der Waals surface area contributed by atoms with Gasteiger partial charge >= 0.3 is 0 Å². The second kappa shape index (κ2) is 8.88. The summed E-state index contributed by atoms with van der Waals surface area (Å²) in [5.74, 6) is 0.484. The van der Waals surface area contributed by atoms with E-state index in [9.17, 15) is 13.2 Å². The van der Waals surface area contributed by atoms with Crippen molar-refractivity contribution in [1.82, 2.24) is 4.31 Å². The van der Waals surface area contributed by atoms with Crippen LogP contribution >= 0.6 is 0 Å². The Morgan fingerprint density at radius 1 is 1.15 bits per heavy atom. The van der Waals surface area contributed by atoms with Crippen molar-refractivity contribution >= 4 is 21.6 Å². The van der Waals surface area contributed by atoms with Gasteiger partial charge in [-0.15, -0.1) is 0 Å². The monoisotopic (exact) mass is 392 g/mol. The minimum atomic E-state index is -3.88. The van der Waals surface area contributed by atoms with Gasteiger partial charge in [0, 0.05) is 12.7 Å². The Labute approximate surface area is 160 Å². The molecule has 0 atom stereocenters. The van der Waals surface area contributed by atoms with Gasteiger partial charge in [0.25, 0.3) is 0 Å². The molecule has 0 heterocycles. The van der Waals surface area contributed by atoms with Gasteiger partial charge in [0.15, 0.2) is 0 Å². The Morgan fingerprint density at radius 2 is 1.81 bits per heavy atom. The Morgan fingerprint density at radius 3 is 2.41 bits per heavy atom. The van der Waals surface area contributed by atoms with Crippen LogP contribution in [-0.2, 0) is 14.8 Å². The second-order valence-corrected chi connectivity index (χ2v) is 7.93. The molecule has 0 spiro atoms. The average Bonchev–Trinajstić information content (AvgIpc) is 2.63.